The summed E-state index contributed by atoms with van der Waals surface area (Å²) in [6.07, 6.45) is 1.30. The first-order valence-electron chi connectivity index (χ1n) is 7.04. The molecule has 0 aliphatic rings. The summed E-state index contributed by atoms with van der Waals surface area (Å²) in [5.41, 5.74) is 2.16. The number of rotatable bonds is 7. The van der Waals surface area contributed by atoms with Gasteiger partial charge in [-0.05, 0) is 30.2 Å². The minimum Gasteiger partial charge on any atom is -0.384 e. The van der Waals surface area contributed by atoms with Gasteiger partial charge in [0.15, 0.2) is 0 Å². The second-order valence-corrected chi connectivity index (χ2v) is 5.21. The summed E-state index contributed by atoms with van der Waals surface area (Å²) in [4.78, 5) is 11.7. The van der Waals surface area contributed by atoms with Crippen molar-refractivity contribution in [2.45, 2.75) is 12.8 Å². The van der Waals surface area contributed by atoms with E-state index in [1.807, 2.05) is 42.5 Å². The number of amides is 1. The summed E-state index contributed by atoms with van der Waals surface area (Å²) >= 11 is 5.89. The van der Waals surface area contributed by atoms with E-state index in [1.165, 1.54) is 5.56 Å². The van der Waals surface area contributed by atoms with Crippen LogP contribution in [-0.4, -0.2) is 19.0 Å². The van der Waals surface area contributed by atoms with Crippen molar-refractivity contribution >= 4 is 23.2 Å². The minimum atomic E-state index is 0.0560. The number of hydrogen-bond donors (Lipinski definition) is 2. The Labute approximate surface area is 130 Å². The van der Waals surface area contributed by atoms with Gasteiger partial charge in [0, 0.05) is 30.2 Å². The quantitative estimate of drug-likeness (QED) is 0.822. The molecule has 0 aliphatic heterocycles. The van der Waals surface area contributed by atoms with Crippen molar-refractivity contribution in [3.05, 3.63) is 65.2 Å². The van der Waals surface area contributed by atoms with Crippen molar-refractivity contribution in [2.24, 2.45) is 0 Å². The van der Waals surface area contributed by atoms with Crippen LogP contribution in [-0.2, 0) is 11.2 Å². The fourth-order valence-corrected chi connectivity index (χ4v) is 2.19. The molecule has 0 radical (unpaired) electrons. The minimum absolute atomic E-state index is 0.0560. The van der Waals surface area contributed by atoms with Gasteiger partial charge in [0.2, 0.25) is 5.91 Å². The Morgan fingerprint density at radius 3 is 2.57 bits per heavy atom. The molecular formula is C17H19ClN2O. The van der Waals surface area contributed by atoms with Crippen molar-refractivity contribution in [2.75, 3.05) is 18.4 Å². The molecular weight excluding hydrogens is 284 g/mol. The summed E-state index contributed by atoms with van der Waals surface area (Å²) in [6.45, 7) is 1.26. The van der Waals surface area contributed by atoms with E-state index in [2.05, 4.69) is 22.8 Å². The molecule has 2 N–H and O–H groups in total. The highest BCUT2D eigenvalue weighted by molar-refractivity contribution is 6.30. The van der Waals surface area contributed by atoms with E-state index >= 15 is 0 Å². The van der Waals surface area contributed by atoms with Crippen molar-refractivity contribution in [1.82, 2.24) is 5.32 Å². The first-order chi connectivity index (χ1) is 10.2. The second-order valence-electron chi connectivity index (χ2n) is 4.77. The van der Waals surface area contributed by atoms with Crippen molar-refractivity contribution in [1.29, 1.82) is 0 Å². The second kappa shape index (κ2) is 8.32. The lowest BCUT2D eigenvalue weighted by Crippen LogP contribution is -2.27. The Bertz CT molecular complexity index is 572. The molecule has 2 aromatic rings. The highest BCUT2D eigenvalue weighted by Gasteiger charge is 2.01. The number of carbonyl (C=O) groups is 1. The van der Waals surface area contributed by atoms with Gasteiger partial charge in [-0.1, -0.05) is 48.0 Å². The van der Waals surface area contributed by atoms with Gasteiger partial charge >= 0.3 is 0 Å². The van der Waals surface area contributed by atoms with Crippen LogP contribution in [0.15, 0.2) is 54.6 Å². The van der Waals surface area contributed by atoms with Gasteiger partial charge in [-0.25, -0.2) is 0 Å². The molecule has 21 heavy (non-hydrogen) atoms. The number of carbonyl (C=O) groups excluding carboxylic acids is 1. The van der Waals surface area contributed by atoms with Gasteiger partial charge < -0.3 is 10.6 Å². The van der Waals surface area contributed by atoms with E-state index < -0.39 is 0 Å². The Hall–Kier alpha value is -2.00. The van der Waals surface area contributed by atoms with Crippen LogP contribution in [0.25, 0.3) is 0 Å². The van der Waals surface area contributed by atoms with E-state index in [0.29, 0.717) is 24.5 Å². The maximum absolute atomic E-state index is 11.7. The van der Waals surface area contributed by atoms with Gasteiger partial charge in [-0.2, -0.15) is 0 Å². The van der Waals surface area contributed by atoms with E-state index in [1.54, 1.807) is 0 Å². The number of halogens is 1. The molecule has 0 bridgehead atoms. The van der Waals surface area contributed by atoms with E-state index in [9.17, 15) is 4.79 Å². The Morgan fingerprint density at radius 2 is 1.81 bits per heavy atom. The first-order valence-corrected chi connectivity index (χ1v) is 7.42. The van der Waals surface area contributed by atoms with Gasteiger partial charge in [0.25, 0.3) is 0 Å². The Balaban J connectivity index is 1.61. The SMILES string of the molecule is O=C(CCNc1cccc(Cl)c1)NCCc1ccccc1. The average molecular weight is 303 g/mol. The van der Waals surface area contributed by atoms with Gasteiger partial charge in [-0.15, -0.1) is 0 Å². The van der Waals surface area contributed by atoms with Crippen LogP contribution in [0.1, 0.15) is 12.0 Å². The van der Waals surface area contributed by atoms with E-state index in [-0.39, 0.29) is 5.91 Å². The van der Waals surface area contributed by atoms with E-state index in [0.717, 1.165) is 12.1 Å². The first kappa shape index (κ1) is 15.4. The molecule has 0 heterocycles. The zero-order valence-corrected chi connectivity index (χ0v) is 12.6. The highest BCUT2D eigenvalue weighted by atomic mass is 35.5. The van der Waals surface area contributed by atoms with Crippen LogP contribution in [0.2, 0.25) is 5.02 Å². The predicted molar refractivity (Wildman–Crippen MR) is 87.7 cm³/mol. The third-order valence-corrected chi connectivity index (χ3v) is 3.32. The van der Waals surface area contributed by atoms with Crippen LogP contribution in [0, 0.1) is 0 Å². The molecule has 110 valence electrons. The normalized spacial score (nSPS) is 10.1. The smallest absolute Gasteiger partial charge is 0.221 e. The molecule has 4 heteroatoms. The maximum Gasteiger partial charge on any atom is 0.221 e. The molecule has 3 nitrogen and oxygen atoms in total. The van der Waals surface area contributed by atoms with E-state index in [4.69, 9.17) is 11.6 Å². The molecule has 0 atom stereocenters. The summed E-state index contributed by atoms with van der Waals surface area (Å²) in [5.74, 6) is 0.0560. The zero-order valence-electron chi connectivity index (χ0n) is 11.8. The molecule has 1 amide bonds. The van der Waals surface area contributed by atoms with Gasteiger partial charge in [-0.3, -0.25) is 4.79 Å². The maximum atomic E-state index is 11.7. The van der Waals surface area contributed by atoms with Crippen molar-refractivity contribution in [3.8, 4) is 0 Å². The lowest BCUT2D eigenvalue weighted by molar-refractivity contribution is -0.120. The summed E-state index contributed by atoms with van der Waals surface area (Å²) in [6, 6.07) is 17.6. The number of anilines is 1. The third-order valence-electron chi connectivity index (χ3n) is 3.08. The molecule has 2 aromatic carbocycles. The Morgan fingerprint density at radius 1 is 1.00 bits per heavy atom. The third kappa shape index (κ3) is 5.88. The fraction of sp³-hybridized carbons (Fsp3) is 0.235. The van der Waals surface area contributed by atoms with Crippen LogP contribution in [0.4, 0.5) is 5.69 Å². The van der Waals surface area contributed by atoms with Crippen LogP contribution >= 0.6 is 11.6 Å². The van der Waals surface area contributed by atoms with Gasteiger partial charge in [0.1, 0.15) is 0 Å². The average Bonchev–Trinajstić information content (AvgIpc) is 2.48. The number of nitrogens with one attached hydrogen (secondary N) is 2. The Kier molecular flexibility index (Phi) is 6.10. The molecule has 2 rings (SSSR count). The van der Waals surface area contributed by atoms with Gasteiger partial charge in [0.05, 0.1) is 0 Å². The standard InChI is InChI=1S/C17H19ClN2O/c18-15-7-4-8-16(13-15)19-12-10-17(21)20-11-9-14-5-2-1-3-6-14/h1-8,13,19H,9-12H2,(H,20,21). The summed E-state index contributed by atoms with van der Waals surface area (Å²) < 4.78 is 0. The van der Waals surface area contributed by atoms with Crippen LogP contribution in [0.3, 0.4) is 0 Å². The molecule has 0 unspecified atom stereocenters. The summed E-state index contributed by atoms with van der Waals surface area (Å²) in [7, 11) is 0. The summed E-state index contributed by atoms with van der Waals surface area (Å²) in [5, 5.41) is 6.79. The molecule has 0 spiro atoms. The monoisotopic (exact) mass is 302 g/mol. The zero-order chi connectivity index (χ0) is 14.9. The lowest BCUT2D eigenvalue weighted by atomic mass is 10.1. The number of hydrogen-bond acceptors (Lipinski definition) is 2. The topological polar surface area (TPSA) is 41.1 Å². The number of benzene rings is 2. The molecule has 0 fully saturated rings. The largest absolute Gasteiger partial charge is 0.384 e. The highest BCUT2D eigenvalue weighted by Crippen LogP contribution is 2.14. The fourth-order valence-electron chi connectivity index (χ4n) is 2.00. The molecule has 0 aliphatic carbocycles. The van der Waals surface area contributed by atoms with Crippen molar-refractivity contribution in [3.63, 3.8) is 0 Å². The lowest BCUT2D eigenvalue weighted by Gasteiger charge is -2.08. The molecule has 0 saturated carbocycles. The predicted octanol–water partition coefficient (Wildman–Crippen LogP) is 3.50. The van der Waals surface area contributed by atoms with Crippen LogP contribution < -0.4 is 10.6 Å². The van der Waals surface area contributed by atoms with Crippen molar-refractivity contribution < 1.29 is 4.79 Å². The van der Waals surface area contributed by atoms with Crippen LogP contribution in [0.5, 0.6) is 0 Å². The molecule has 0 saturated heterocycles. The molecule has 0 aromatic heterocycles.